The van der Waals surface area contributed by atoms with E-state index >= 15 is 0 Å². The second-order valence-corrected chi connectivity index (χ2v) is 2.94. The summed E-state index contributed by atoms with van der Waals surface area (Å²) < 4.78 is 0. The highest BCUT2D eigenvalue weighted by Crippen LogP contribution is 2.05. The van der Waals surface area contributed by atoms with Gasteiger partial charge in [-0.2, -0.15) is 0 Å². The maximum atomic E-state index is 10.7. The van der Waals surface area contributed by atoms with Gasteiger partial charge in [-0.3, -0.25) is 4.79 Å². The fraction of sp³-hybridized carbons (Fsp3) is 0.700. The van der Waals surface area contributed by atoms with Crippen LogP contribution in [-0.2, 0) is 4.79 Å². The summed E-state index contributed by atoms with van der Waals surface area (Å²) in [5.74, 6) is -0.269. The van der Waals surface area contributed by atoms with Crippen LogP contribution in [0.1, 0.15) is 46.0 Å². The molecule has 0 unspecified atom stereocenters. The van der Waals surface area contributed by atoms with Crippen molar-refractivity contribution in [3.63, 3.8) is 0 Å². The lowest BCUT2D eigenvalue weighted by atomic mass is 10.1. The Kier molecular flexibility index (Phi) is 6.44. The molecule has 2 N–H and O–H groups in total. The standard InChI is InChI=1S/C10H19NO/c1-3-5-6-7-8-9(4-2)10(11)12/h8H,3-7H2,1-2H3,(H2,11,12)/b9-8-. The summed E-state index contributed by atoms with van der Waals surface area (Å²) >= 11 is 0. The average Bonchev–Trinajstić information content (AvgIpc) is 2.04. The number of unbranched alkanes of at least 4 members (excludes halogenated alkanes) is 3. The van der Waals surface area contributed by atoms with Crippen molar-refractivity contribution in [2.45, 2.75) is 46.0 Å². The first-order chi connectivity index (χ1) is 5.72. The van der Waals surface area contributed by atoms with Crippen LogP contribution in [0.2, 0.25) is 0 Å². The van der Waals surface area contributed by atoms with Gasteiger partial charge >= 0.3 is 0 Å². The molecule has 0 heterocycles. The molecule has 2 heteroatoms. The van der Waals surface area contributed by atoms with Crippen LogP contribution >= 0.6 is 0 Å². The number of nitrogens with two attached hydrogens (primary N) is 1. The molecule has 0 radical (unpaired) electrons. The number of amides is 1. The number of carbonyl (C=O) groups is 1. The molecule has 0 aliphatic heterocycles. The van der Waals surface area contributed by atoms with E-state index in [1.54, 1.807) is 0 Å². The number of hydrogen-bond donors (Lipinski definition) is 1. The van der Waals surface area contributed by atoms with Crippen molar-refractivity contribution in [3.8, 4) is 0 Å². The van der Waals surface area contributed by atoms with Crippen molar-refractivity contribution in [1.82, 2.24) is 0 Å². The minimum Gasteiger partial charge on any atom is -0.366 e. The Balaban J connectivity index is 3.71. The van der Waals surface area contributed by atoms with Crippen LogP contribution in [0, 0.1) is 0 Å². The smallest absolute Gasteiger partial charge is 0.244 e. The van der Waals surface area contributed by atoms with Crippen LogP contribution in [0.25, 0.3) is 0 Å². The van der Waals surface area contributed by atoms with Crippen LogP contribution < -0.4 is 5.73 Å². The molecule has 0 saturated heterocycles. The van der Waals surface area contributed by atoms with E-state index in [0.717, 1.165) is 24.8 Å². The Hall–Kier alpha value is -0.790. The van der Waals surface area contributed by atoms with Crippen molar-refractivity contribution in [2.75, 3.05) is 0 Å². The Morgan fingerprint density at radius 3 is 2.42 bits per heavy atom. The van der Waals surface area contributed by atoms with E-state index in [2.05, 4.69) is 6.92 Å². The molecular weight excluding hydrogens is 150 g/mol. The molecule has 0 aliphatic rings. The SMILES string of the molecule is CCCCC/C=C(/CC)C(N)=O. The van der Waals surface area contributed by atoms with Gasteiger partial charge in [0.15, 0.2) is 0 Å². The first-order valence-corrected chi connectivity index (χ1v) is 4.71. The molecule has 2 nitrogen and oxygen atoms in total. The van der Waals surface area contributed by atoms with Crippen LogP contribution in [0.5, 0.6) is 0 Å². The lowest BCUT2D eigenvalue weighted by molar-refractivity contribution is -0.114. The van der Waals surface area contributed by atoms with Crippen molar-refractivity contribution < 1.29 is 4.79 Å². The molecule has 0 spiro atoms. The molecular formula is C10H19NO. The van der Waals surface area contributed by atoms with Crippen LogP contribution in [0.4, 0.5) is 0 Å². The monoisotopic (exact) mass is 169 g/mol. The van der Waals surface area contributed by atoms with Gasteiger partial charge in [0.05, 0.1) is 0 Å². The Morgan fingerprint density at radius 1 is 1.33 bits per heavy atom. The molecule has 0 saturated carbocycles. The van der Waals surface area contributed by atoms with Gasteiger partial charge in [0.2, 0.25) is 5.91 Å². The third-order valence-electron chi connectivity index (χ3n) is 1.90. The zero-order valence-electron chi connectivity index (χ0n) is 8.10. The fourth-order valence-corrected chi connectivity index (χ4v) is 1.09. The minimum absolute atomic E-state index is 0.269. The molecule has 70 valence electrons. The predicted molar refractivity (Wildman–Crippen MR) is 51.7 cm³/mol. The van der Waals surface area contributed by atoms with Gasteiger partial charge < -0.3 is 5.73 Å². The number of hydrogen-bond acceptors (Lipinski definition) is 1. The first-order valence-electron chi connectivity index (χ1n) is 4.71. The number of allylic oxidation sites excluding steroid dienone is 1. The summed E-state index contributed by atoms with van der Waals surface area (Å²) in [6, 6.07) is 0. The Labute approximate surface area is 74.8 Å². The predicted octanol–water partition coefficient (Wildman–Crippen LogP) is 2.39. The lowest BCUT2D eigenvalue weighted by Crippen LogP contribution is -2.13. The molecule has 0 atom stereocenters. The molecule has 0 aliphatic carbocycles. The summed E-state index contributed by atoms with van der Waals surface area (Å²) in [5.41, 5.74) is 5.92. The van der Waals surface area contributed by atoms with Crippen molar-refractivity contribution in [3.05, 3.63) is 11.6 Å². The minimum atomic E-state index is -0.269. The summed E-state index contributed by atoms with van der Waals surface area (Å²) in [6.07, 6.45) is 7.31. The van der Waals surface area contributed by atoms with Gasteiger partial charge in [-0.25, -0.2) is 0 Å². The first kappa shape index (κ1) is 11.2. The van der Waals surface area contributed by atoms with E-state index in [0.29, 0.717) is 0 Å². The Morgan fingerprint density at radius 2 is 2.00 bits per heavy atom. The summed E-state index contributed by atoms with van der Waals surface area (Å²) in [6.45, 7) is 4.12. The van der Waals surface area contributed by atoms with Crippen molar-refractivity contribution in [1.29, 1.82) is 0 Å². The topological polar surface area (TPSA) is 43.1 Å². The lowest BCUT2D eigenvalue weighted by Gasteiger charge is -1.98. The van der Waals surface area contributed by atoms with E-state index in [1.807, 2.05) is 13.0 Å². The second kappa shape index (κ2) is 6.89. The van der Waals surface area contributed by atoms with Crippen molar-refractivity contribution in [2.24, 2.45) is 5.73 Å². The maximum absolute atomic E-state index is 10.7. The van der Waals surface area contributed by atoms with E-state index in [-0.39, 0.29) is 5.91 Å². The van der Waals surface area contributed by atoms with Gasteiger partial charge in [0, 0.05) is 5.57 Å². The second-order valence-electron chi connectivity index (χ2n) is 2.94. The van der Waals surface area contributed by atoms with Gasteiger partial charge in [-0.05, 0) is 19.3 Å². The summed E-state index contributed by atoms with van der Waals surface area (Å²) in [5, 5.41) is 0. The molecule has 0 fully saturated rings. The molecule has 0 aromatic rings. The third kappa shape index (κ3) is 4.94. The van der Waals surface area contributed by atoms with E-state index < -0.39 is 0 Å². The number of carbonyl (C=O) groups excluding carboxylic acids is 1. The van der Waals surface area contributed by atoms with Gasteiger partial charge in [-0.15, -0.1) is 0 Å². The molecule has 0 rings (SSSR count). The van der Waals surface area contributed by atoms with Crippen LogP contribution in [0.3, 0.4) is 0 Å². The van der Waals surface area contributed by atoms with Gasteiger partial charge in [0.1, 0.15) is 0 Å². The van der Waals surface area contributed by atoms with E-state index in [4.69, 9.17) is 5.73 Å². The normalized spacial score (nSPS) is 11.7. The van der Waals surface area contributed by atoms with E-state index in [1.165, 1.54) is 12.8 Å². The molecule has 0 aromatic carbocycles. The molecule has 0 aromatic heterocycles. The molecule has 1 amide bonds. The highest BCUT2D eigenvalue weighted by atomic mass is 16.1. The summed E-state index contributed by atoms with van der Waals surface area (Å²) in [7, 11) is 0. The van der Waals surface area contributed by atoms with Gasteiger partial charge in [0.25, 0.3) is 0 Å². The molecule has 0 bridgehead atoms. The largest absolute Gasteiger partial charge is 0.366 e. The zero-order valence-corrected chi connectivity index (χ0v) is 8.10. The quantitative estimate of drug-likeness (QED) is 0.481. The highest BCUT2D eigenvalue weighted by molar-refractivity contribution is 5.91. The Bertz CT molecular complexity index is 161. The number of rotatable bonds is 6. The highest BCUT2D eigenvalue weighted by Gasteiger charge is 1.99. The van der Waals surface area contributed by atoms with E-state index in [9.17, 15) is 4.79 Å². The zero-order chi connectivity index (χ0) is 9.40. The molecule has 12 heavy (non-hydrogen) atoms. The summed E-state index contributed by atoms with van der Waals surface area (Å²) in [4.78, 5) is 10.7. The maximum Gasteiger partial charge on any atom is 0.244 e. The third-order valence-corrected chi connectivity index (χ3v) is 1.90. The average molecular weight is 169 g/mol. The fourth-order valence-electron chi connectivity index (χ4n) is 1.09. The number of primary amides is 1. The van der Waals surface area contributed by atoms with Gasteiger partial charge in [-0.1, -0.05) is 32.8 Å². The van der Waals surface area contributed by atoms with Crippen LogP contribution in [-0.4, -0.2) is 5.91 Å². The van der Waals surface area contributed by atoms with Crippen molar-refractivity contribution >= 4 is 5.91 Å². The van der Waals surface area contributed by atoms with Crippen LogP contribution in [0.15, 0.2) is 11.6 Å².